The van der Waals surface area contributed by atoms with Crippen LogP contribution in [0.5, 0.6) is 0 Å². The maximum Gasteiger partial charge on any atom is 0.156 e. The molecule has 79 valence electrons. The Balaban J connectivity index is 2.35. The van der Waals surface area contributed by atoms with E-state index in [1.165, 1.54) is 0 Å². The molecule has 0 aromatic heterocycles. The molecule has 0 bridgehead atoms. The molecule has 0 heterocycles. The van der Waals surface area contributed by atoms with Crippen molar-refractivity contribution in [3.8, 4) is 0 Å². The van der Waals surface area contributed by atoms with E-state index in [0.717, 1.165) is 31.0 Å². The van der Waals surface area contributed by atoms with E-state index in [1.807, 2.05) is 6.08 Å². The van der Waals surface area contributed by atoms with E-state index in [1.54, 1.807) is 7.11 Å². The SMILES string of the molecule is COC1=C[CH]CC=C1OCCC(C)C. The number of ether oxygens (including phenoxy) is 2. The number of rotatable bonds is 5. The molecule has 0 aliphatic heterocycles. The first-order valence-electron chi connectivity index (χ1n) is 5.15. The van der Waals surface area contributed by atoms with Crippen LogP contribution in [0.2, 0.25) is 0 Å². The smallest absolute Gasteiger partial charge is 0.156 e. The molecule has 2 nitrogen and oxygen atoms in total. The second-order valence-corrected chi connectivity index (χ2v) is 3.81. The van der Waals surface area contributed by atoms with Crippen LogP contribution < -0.4 is 0 Å². The molecule has 0 saturated carbocycles. The van der Waals surface area contributed by atoms with Crippen LogP contribution in [0.4, 0.5) is 0 Å². The third-order valence-electron chi connectivity index (χ3n) is 2.12. The Bertz CT molecular complexity index is 226. The van der Waals surface area contributed by atoms with E-state index in [9.17, 15) is 0 Å². The van der Waals surface area contributed by atoms with Gasteiger partial charge < -0.3 is 9.47 Å². The molecule has 14 heavy (non-hydrogen) atoms. The van der Waals surface area contributed by atoms with Gasteiger partial charge in [0.2, 0.25) is 0 Å². The van der Waals surface area contributed by atoms with E-state index >= 15 is 0 Å². The molecular weight excluding hydrogens is 176 g/mol. The van der Waals surface area contributed by atoms with E-state index in [-0.39, 0.29) is 0 Å². The maximum atomic E-state index is 5.65. The fourth-order valence-electron chi connectivity index (χ4n) is 1.24. The summed E-state index contributed by atoms with van der Waals surface area (Å²) < 4.78 is 10.8. The molecule has 0 atom stereocenters. The summed E-state index contributed by atoms with van der Waals surface area (Å²) >= 11 is 0. The van der Waals surface area contributed by atoms with Crippen LogP contribution in [0.25, 0.3) is 0 Å². The number of hydrogen-bond donors (Lipinski definition) is 0. The quantitative estimate of drug-likeness (QED) is 0.671. The van der Waals surface area contributed by atoms with Crippen molar-refractivity contribution in [3.63, 3.8) is 0 Å². The first-order chi connectivity index (χ1) is 6.74. The van der Waals surface area contributed by atoms with Crippen LogP contribution >= 0.6 is 0 Å². The Morgan fingerprint density at radius 1 is 1.36 bits per heavy atom. The first-order valence-corrected chi connectivity index (χ1v) is 5.15. The molecule has 0 saturated heterocycles. The van der Waals surface area contributed by atoms with Gasteiger partial charge in [-0.2, -0.15) is 0 Å². The average molecular weight is 195 g/mol. The van der Waals surface area contributed by atoms with Crippen LogP contribution in [-0.4, -0.2) is 13.7 Å². The second-order valence-electron chi connectivity index (χ2n) is 3.81. The molecule has 0 amide bonds. The van der Waals surface area contributed by atoms with Crippen molar-refractivity contribution in [1.29, 1.82) is 0 Å². The molecule has 0 fully saturated rings. The molecule has 2 heteroatoms. The zero-order valence-corrected chi connectivity index (χ0v) is 9.25. The van der Waals surface area contributed by atoms with Crippen LogP contribution in [-0.2, 0) is 9.47 Å². The molecule has 1 aliphatic carbocycles. The lowest BCUT2D eigenvalue weighted by molar-refractivity contribution is 0.163. The van der Waals surface area contributed by atoms with E-state index in [4.69, 9.17) is 9.47 Å². The van der Waals surface area contributed by atoms with Gasteiger partial charge in [-0.3, -0.25) is 0 Å². The highest BCUT2D eigenvalue weighted by Gasteiger charge is 2.10. The monoisotopic (exact) mass is 195 g/mol. The van der Waals surface area contributed by atoms with Gasteiger partial charge in [-0.05, 0) is 37.3 Å². The molecule has 0 spiro atoms. The van der Waals surface area contributed by atoms with Crippen LogP contribution in [0.15, 0.2) is 23.7 Å². The normalized spacial score (nSPS) is 16.3. The van der Waals surface area contributed by atoms with Crippen molar-refractivity contribution >= 4 is 0 Å². The molecule has 0 aromatic rings. The van der Waals surface area contributed by atoms with Crippen LogP contribution in [0.3, 0.4) is 0 Å². The van der Waals surface area contributed by atoms with Gasteiger partial charge in [0.25, 0.3) is 0 Å². The Kier molecular flexibility index (Phi) is 4.57. The Labute approximate surface area is 86.6 Å². The average Bonchev–Trinajstić information content (AvgIpc) is 2.18. The molecule has 1 radical (unpaired) electrons. The minimum atomic E-state index is 0.681. The predicted molar refractivity (Wildman–Crippen MR) is 57.5 cm³/mol. The second kappa shape index (κ2) is 5.74. The van der Waals surface area contributed by atoms with E-state index in [2.05, 4.69) is 26.3 Å². The Hall–Kier alpha value is -0.920. The highest BCUT2D eigenvalue weighted by molar-refractivity contribution is 5.28. The van der Waals surface area contributed by atoms with E-state index in [0.29, 0.717) is 5.92 Å². The molecule has 0 unspecified atom stereocenters. The minimum Gasteiger partial charge on any atom is -0.493 e. The Morgan fingerprint density at radius 2 is 2.14 bits per heavy atom. The first kappa shape index (κ1) is 11.2. The summed E-state index contributed by atoms with van der Waals surface area (Å²) in [6.45, 7) is 5.16. The van der Waals surface area contributed by atoms with Crippen molar-refractivity contribution in [2.24, 2.45) is 5.92 Å². The third kappa shape index (κ3) is 3.44. The van der Waals surface area contributed by atoms with Gasteiger partial charge in [0.15, 0.2) is 11.5 Å². The van der Waals surface area contributed by atoms with Gasteiger partial charge in [0.1, 0.15) is 0 Å². The molecule has 0 aromatic carbocycles. The number of hydrogen-bond acceptors (Lipinski definition) is 2. The molecule has 0 N–H and O–H groups in total. The van der Waals surface area contributed by atoms with Gasteiger partial charge in [-0.25, -0.2) is 0 Å². The van der Waals surface area contributed by atoms with Crippen LogP contribution in [0, 0.1) is 12.3 Å². The van der Waals surface area contributed by atoms with Gasteiger partial charge in [-0.15, -0.1) is 0 Å². The lowest BCUT2D eigenvalue weighted by Gasteiger charge is -2.16. The van der Waals surface area contributed by atoms with Crippen LogP contribution in [0.1, 0.15) is 26.7 Å². The maximum absolute atomic E-state index is 5.65. The molecular formula is C12H19O2. The van der Waals surface area contributed by atoms with Gasteiger partial charge in [-0.1, -0.05) is 13.8 Å². The lowest BCUT2D eigenvalue weighted by Crippen LogP contribution is -2.05. The summed E-state index contributed by atoms with van der Waals surface area (Å²) in [4.78, 5) is 0. The number of allylic oxidation sites excluding steroid dienone is 2. The summed E-state index contributed by atoms with van der Waals surface area (Å²) in [5.41, 5.74) is 0. The van der Waals surface area contributed by atoms with Gasteiger partial charge in [0.05, 0.1) is 13.7 Å². The van der Waals surface area contributed by atoms with Gasteiger partial charge >= 0.3 is 0 Å². The number of methoxy groups -OCH3 is 1. The van der Waals surface area contributed by atoms with Crippen molar-refractivity contribution in [2.45, 2.75) is 26.7 Å². The molecule has 1 rings (SSSR count). The van der Waals surface area contributed by atoms with Gasteiger partial charge in [0, 0.05) is 0 Å². The van der Waals surface area contributed by atoms with E-state index < -0.39 is 0 Å². The zero-order valence-electron chi connectivity index (χ0n) is 9.25. The molecule has 1 aliphatic rings. The van der Waals surface area contributed by atoms with Crippen molar-refractivity contribution < 1.29 is 9.47 Å². The fraction of sp³-hybridized carbons (Fsp3) is 0.583. The van der Waals surface area contributed by atoms with Crippen molar-refractivity contribution in [3.05, 3.63) is 30.1 Å². The fourth-order valence-corrected chi connectivity index (χ4v) is 1.24. The summed E-state index contributed by atoms with van der Waals surface area (Å²) in [7, 11) is 1.67. The summed E-state index contributed by atoms with van der Waals surface area (Å²) in [6, 6.07) is 0. The standard InChI is InChI=1S/C12H19O2/c1-10(2)8-9-14-12-7-5-4-6-11(12)13-3/h4,6-7,10H,5,8-9H2,1-3H3. The van der Waals surface area contributed by atoms with Crippen molar-refractivity contribution in [2.75, 3.05) is 13.7 Å². The lowest BCUT2D eigenvalue weighted by atomic mass is 10.1. The van der Waals surface area contributed by atoms with Crippen molar-refractivity contribution in [1.82, 2.24) is 0 Å². The largest absolute Gasteiger partial charge is 0.493 e. The third-order valence-corrected chi connectivity index (χ3v) is 2.12. The summed E-state index contributed by atoms with van der Waals surface area (Å²) in [5, 5.41) is 0. The topological polar surface area (TPSA) is 18.5 Å². The predicted octanol–water partition coefficient (Wildman–Crippen LogP) is 3.07. The zero-order chi connectivity index (χ0) is 10.4. The minimum absolute atomic E-state index is 0.681. The summed E-state index contributed by atoms with van der Waals surface area (Å²) in [5.74, 6) is 2.40. The highest BCUT2D eigenvalue weighted by Crippen LogP contribution is 2.20. The Morgan fingerprint density at radius 3 is 2.79 bits per heavy atom. The summed E-state index contributed by atoms with van der Waals surface area (Å²) in [6.07, 6.45) is 8.10. The highest BCUT2D eigenvalue weighted by atomic mass is 16.5.